The molecule has 6 heteroatoms. The molecule has 6 nitrogen and oxygen atoms in total. The van der Waals surface area contributed by atoms with Gasteiger partial charge in [0.1, 0.15) is 5.75 Å². The first kappa shape index (κ1) is 16.7. The number of hydrogen-bond donors (Lipinski definition) is 1. The first-order valence-corrected chi connectivity index (χ1v) is 7.60. The standard InChI is InChI=1S/C17H21N3O3/c1-3-23-15-6-4-14(5-7-15)11-16(21)18-8-9-20-12-19-13(2)10-17(20)22/h4-7,10,12H,3,8-9,11H2,1-2H3,(H,18,21). The molecule has 1 amide bonds. The molecule has 0 aliphatic heterocycles. The fourth-order valence-corrected chi connectivity index (χ4v) is 2.12. The zero-order valence-electron chi connectivity index (χ0n) is 13.4. The third-order valence-corrected chi connectivity index (χ3v) is 3.29. The van der Waals surface area contributed by atoms with Gasteiger partial charge in [-0.1, -0.05) is 12.1 Å². The summed E-state index contributed by atoms with van der Waals surface area (Å²) in [5.74, 6) is 0.713. The molecule has 2 aromatic rings. The second-order valence-corrected chi connectivity index (χ2v) is 5.17. The van der Waals surface area contributed by atoms with E-state index in [2.05, 4.69) is 10.3 Å². The van der Waals surface area contributed by atoms with Crippen LogP contribution in [0.25, 0.3) is 0 Å². The number of ether oxygens (including phenoxy) is 1. The third-order valence-electron chi connectivity index (χ3n) is 3.29. The lowest BCUT2D eigenvalue weighted by Crippen LogP contribution is -2.31. The van der Waals surface area contributed by atoms with E-state index in [1.807, 2.05) is 31.2 Å². The molecule has 0 spiro atoms. The van der Waals surface area contributed by atoms with Crippen LogP contribution in [-0.2, 0) is 17.8 Å². The Labute approximate surface area is 135 Å². The van der Waals surface area contributed by atoms with Crippen LogP contribution in [0.15, 0.2) is 41.5 Å². The number of aromatic nitrogens is 2. The van der Waals surface area contributed by atoms with Crippen molar-refractivity contribution in [2.45, 2.75) is 26.8 Å². The first-order chi connectivity index (χ1) is 11.1. The lowest BCUT2D eigenvalue weighted by atomic mass is 10.1. The van der Waals surface area contributed by atoms with E-state index >= 15 is 0 Å². The molecule has 2 rings (SSSR count). The molecule has 0 aliphatic rings. The van der Waals surface area contributed by atoms with Crippen molar-refractivity contribution in [1.82, 2.24) is 14.9 Å². The summed E-state index contributed by atoms with van der Waals surface area (Å²) >= 11 is 0. The number of aryl methyl sites for hydroxylation is 1. The maximum absolute atomic E-state index is 11.9. The number of hydrogen-bond acceptors (Lipinski definition) is 4. The van der Waals surface area contributed by atoms with E-state index in [-0.39, 0.29) is 11.5 Å². The number of amides is 1. The lowest BCUT2D eigenvalue weighted by Gasteiger charge is -2.08. The van der Waals surface area contributed by atoms with Gasteiger partial charge in [-0.05, 0) is 31.5 Å². The molecule has 0 bridgehead atoms. The summed E-state index contributed by atoms with van der Waals surface area (Å²) in [6.07, 6.45) is 1.80. The van der Waals surface area contributed by atoms with Crippen LogP contribution in [-0.4, -0.2) is 28.6 Å². The maximum Gasteiger partial charge on any atom is 0.253 e. The molecule has 0 radical (unpaired) electrons. The highest BCUT2D eigenvalue weighted by Gasteiger charge is 2.04. The molecule has 0 saturated heterocycles. The molecule has 0 fully saturated rings. The van der Waals surface area contributed by atoms with Crippen LogP contribution in [0.1, 0.15) is 18.2 Å². The van der Waals surface area contributed by atoms with E-state index in [1.165, 1.54) is 17.0 Å². The first-order valence-electron chi connectivity index (χ1n) is 7.60. The van der Waals surface area contributed by atoms with Crippen molar-refractivity contribution in [1.29, 1.82) is 0 Å². The number of nitrogens with zero attached hydrogens (tertiary/aromatic N) is 2. The molecular formula is C17H21N3O3. The maximum atomic E-state index is 11.9. The van der Waals surface area contributed by atoms with Crippen LogP contribution in [0.4, 0.5) is 0 Å². The van der Waals surface area contributed by atoms with Crippen molar-refractivity contribution in [2.75, 3.05) is 13.2 Å². The number of rotatable bonds is 7. The number of carbonyl (C=O) groups is 1. The Hall–Kier alpha value is -2.63. The van der Waals surface area contributed by atoms with Crippen LogP contribution >= 0.6 is 0 Å². The average Bonchev–Trinajstić information content (AvgIpc) is 2.52. The van der Waals surface area contributed by atoms with E-state index in [0.29, 0.717) is 31.8 Å². The van der Waals surface area contributed by atoms with E-state index < -0.39 is 0 Å². The summed E-state index contributed by atoms with van der Waals surface area (Å²) in [5, 5.41) is 2.80. The van der Waals surface area contributed by atoms with Gasteiger partial charge in [-0.25, -0.2) is 4.98 Å². The van der Waals surface area contributed by atoms with Crippen molar-refractivity contribution >= 4 is 5.91 Å². The summed E-state index contributed by atoms with van der Waals surface area (Å²) in [7, 11) is 0. The minimum absolute atomic E-state index is 0.0812. The molecule has 1 N–H and O–H groups in total. The SMILES string of the molecule is CCOc1ccc(CC(=O)NCCn2cnc(C)cc2=O)cc1. The van der Waals surface area contributed by atoms with E-state index in [1.54, 1.807) is 6.92 Å². The van der Waals surface area contributed by atoms with Gasteiger partial charge < -0.3 is 10.1 Å². The van der Waals surface area contributed by atoms with Crippen molar-refractivity contribution in [3.63, 3.8) is 0 Å². The molecule has 0 aliphatic carbocycles. The van der Waals surface area contributed by atoms with Crippen LogP contribution in [0.3, 0.4) is 0 Å². The second kappa shape index (κ2) is 8.12. The Balaban J connectivity index is 1.79. The van der Waals surface area contributed by atoms with Gasteiger partial charge in [0.25, 0.3) is 5.56 Å². The second-order valence-electron chi connectivity index (χ2n) is 5.17. The summed E-state index contributed by atoms with van der Waals surface area (Å²) in [6, 6.07) is 8.92. The highest BCUT2D eigenvalue weighted by atomic mass is 16.5. The predicted octanol–water partition coefficient (Wildman–Crippen LogP) is 1.31. The van der Waals surface area contributed by atoms with Gasteiger partial charge in [-0.3, -0.25) is 14.2 Å². The van der Waals surface area contributed by atoms with Gasteiger partial charge in [0, 0.05) is 24.8 Å². The van der Waals surface area contributed by atoms with Crippen molar-refractivity contribution < 1.29 is 9.53 Å². The summed E-state index contributed by atoms with van der Waals surface area (Å²) < 4.78 is 6.84. The Morgan fingerprint density at radius 3 is 2.70 bits per heavy atom. The van der Waals surface area contributed by atoms with Gasteiger partial charge in [-0.2, -0.15) is 0 Å². The van der Waals surface area contributed by atoms with Gasteiger partial charge in [0.15, 0.2) is 0 Å². The lowest BCUT2D eigenvalue weighted by molar-refractivity contribution is -0.120. The smallest absolute Gasteiger partial charge is 0.253 e. The summed E-state index contributed by atoms with van der Waals surface area (Å²) in [6.45, 7) is 5.11. The van der Waals surface area contributed by atoms with E-state index in [4.69, 9.17) is 4.74 Å². The Morgan fingerprint density at radius 1 is 1.30 bits per heavy atom. The van der Waals surface area contributed by atoms with Gasteiger partial charge in [-0.15, -0.1) is 0 Å². The predicted molar refractivity (Wildman–Crippen MR) is 87.6 cm³/mol. The summed E-state index contributed by atoms with van der Waals surface area (Å²) in [5.41, 5.74) is 1.49. The molecule has 0 saturated carbocycles. The molecule has 0 atom stereocenters. The Kier molecular flexibility index (Phi) is 5.91. The number of nitrogens with one attached hydrogen (secondary N) is 1. The minimum Gasteiger partial charge on any atom is -0.494 e. The molecule has 122 valence electrons. The zero-order chi connectivity index (χ0) is 16.7. The normalized spacial score (nSPS) is 10.3. The highest BCUT2D eigenvalue weighted by Crippen LogP contribution is 2.12. The van der Waals surface area contributed by atoms with Crippen molar-refractivity contribution in [3.05, 3.63) is 58.3 Å². The van der Waals surface area contributed by atoms with Gasteiger partial charge in [0.05, 0.1) is 19.4 Å². The Morgan fingerprint density at radius 2 is 2.04 bits per heavy atom. The van der Waals surface area contributed by atoms with E-state index in [0.717, 1.165) is 11.3 Å². The molecule has 1 aromatic heterocycles. The van der Waals surface area contributed by atoms with Crippen molar-refractivity contribution in [2.24, 2.45) is 0 Å². The number of benzene rings is 1. The topological polar surface area (TPSA) is 73.2 Å². The molecule has 0 unspecified atom stereocenters. The van der Waals surface area contributed by atoms with Crippen LogP contribution in [0.2, 0.25) is 0 Å². The minimum atomic E-state index is -0.113. The third kappa shape index (κ3) is 5.25. The van der Waals surface area contributed by atoms with Crippen LogP contribution < -0.4 is 15.6 Å². The van der Waals surface area contributed by atoms with Crippen LogP contribution in [0, 0.1) is 6.92 Å². The molecule has 1 aromatic carbocycles. The highest BCUT2D eigenvalue weighted by molar-refractivity contribution is 5.78. The van der Waals surface area contributed by atoms with Crippen LogP contribution in [0.5, 0.6) is 5.75 Å². The average molecular weight is 315 g/mol. The zero-order valence-corrected chi connectivity index (χ0v) is 13.4. The van der Waals surface area contributed by atoms with Crippen molar-refractivity contribution in [3.8, 4) is 5.75 Å². The Bertz CT molecular complexity index is 708. The van der Waals surface area contributed by atoms with Gasteiger partial charge in [0.2, 0.25) is 5.91 Å². The fourth-order valence-electron chi connectivity index (χ4n) is 2.12. The fraction of sp³-hybridized carbons (Fsp3) is 0.353. The largest absolute Gasteiger partial charge is 0.494 e. The molecule has 23 heavy (non-hydrogen) atoms. The quantitative estimate of drug-likeness (QED) is 0.836. The molecular weight excluding hydrogens is 294 g/mol. The summed E-state index contributed by atoms with van der Waals surface area (Å²) in [4.78, 5) is 27.7. The molecule has 1 heterocycles. The van der Waals surface area contributed by atoms with Gasteiger partial charge >= 0.3 is 0 Å². The number of carbonyl (C=O) groups excluding carboxylic acids is 1. The van der Waals surface area contributed by atoms with E-state index in [9.17, 15) is 9.59 Å². The monoisotopic (exact) mass is 315 g/mol.